The van der Waals surface area contributed by atoms with Gasteiger partial charge in [0, 0.05) is 5.56 Å². The highest BCUT2D eigenvalue weighted by molar-refractivity contribution is 6.55. The van der Waals surface area contributed by atoms with Gasteiger partial charge >= 0.3 is 5.91 Å². The lowest BCUT2D eigenvalue weighted by Gasteiger charge is -2.25. The van der Waals surface area contributed by atoms with Crippen LogP contribution in [0.15, 0.2) is 66.7 Å². The van der Waals surface area contributed by atoms with Gasteiger partial charge < -0.3 is 0 Å². The van der Waals surface area contributed by atoms with Crippen molar-refractivity contribution in [2.45, 2.75) is 0 Å². The summed E-state index contributed by atoms with van der Waals surface area (Å²) in [6, 6.07) is 19.3. The summed E-state index contributed by atoms with van der Waals surface area (Å²) < 4.78 is 0. The van der Waals surface area contributed by atoms with Crippen molar-refractivity contribution in [2.75, 3.05) is 4.90 Å². The number of imide groups is 1. The third-order valence-corrected chi connectivity index (χ3v) is 3.99. The minimum Gasteiger partial charge on any atom is -0.283 e. The Bertz CT molecular complexity index is 991. The lowest BCUT2D eigenvalue weighted by atomic mass is 9.96. The van der Waals surface area contributed by atoms with E-state index in [1.54, 1.807) is 30.3 Å². The number of nitrogens with zero attached hydrogens (tertiary/aromatic N) is 1. The van der Waals surface area contributed by atoms with Gasteiger partial charge in [0.15, 0.2) is 0 Å². The van der Waals surface area contributed by atoms with Gasteiger partial charge in [-0.05, 0) is 29.0 Å². The van der Waals surface area contributed by atoms with Crippen LogP contribution in [-0.4, -0.2) is 17.6 Å². The number of ketones is 1. The molecule has 4 heteroatoms. The van der Waals surface area contributed by atoms with Crippen LogP contribution in [0.4, 0.5) is 5.69 Å². The Labute approximate surface area is 132 Å². The van der Waals surface area contributed by atoms with Crippen molar-refractivity contribution >= 4 is 34.1 Å². The van der Waals surface area contributed by atoms with E-state index >= 15 is 0 Å². The van der Waals surface area contributed by atoms with E-state index in [1.165, 1.54) is 6.07 Å². The fraction of sp³-hybridized carbons (Fsp3) is 0. The molecule has 4 rings (SSSR count). The average molecular weight is 301 g/mol. The van der Waals surface area contributed by atoms with Gasteiger partial charge in [-0.2, -0.15) is 0 Å². The van der Waals surface area contributed by atoms with Crippen molar-refractivity contribution in [1.29, 1.82) is 0 Å². The van der Waals surface area contributed by atoms with E-state index in [9.17, 15) is 14.4 Å². The minimum atomic E-state index is -0.816. The van der Waals surface area contributed by atoms with Gasteiger partial charge in [-0.3, -0.25) is 14.4 Å². The number of anilines is 1. The van der Waals surface area contributed by atoms with Crippen LogP contribution in [-0.2, 0) is 4.79 Å². The van der Waals surface area contributed by atoms with E-state index in [1.807, 2.05) is 30.3 Å². The fourth-order valence-corrected chi connectivity index (χ4v) is 2.85. The van der Waals surface area contributed by atoms with Crippen LogP contribution in [0.5, 0.6) is 0 Å². The monoisotopic (exact) mass is 301 g/mol. The molecule has 0 radical (unpaired) electrons. The number of rotatable bonds is 1. The highest BCUT2D eigenvalue weighted by Gasteiger charge is 2.38. The van der Waals surface area contributed by atoms with Crippen molar-refractivity contribution in [3.05, 3.63) is 77.9 Å². The summed E-state index contributed by atoms with van der Waals surface area (Å²) in [5, 5.41) is 1.90. The van der Waals surface area contributed by atoms with E-state index < -0.39 is 17.6 Å². The topological polar surface area (TPSA) is 54.5 Å². The first-order valence-electron chi connectivity index (χ1n) is 7.18. The maximum Gasteiger partial charge on any atom is 0.306 e. The zero-order valence-corrected chi connectivity index (χ0v) is 12.0. The molecule has 3 aromatic rings. The van der Waals surface area contributed by atoms with Gasteiger partial charge in [0.1, 0.15) is 0 Å². The average Bonchev–Trinajstić information content (AvgIpc) is 2.60. The van der Waals surface area contributed by atoms with Crippen molar-refractivity contribution < 1.29 is 14.4 Å². The SMILES string of the molecule is O=C1C(=O)N(c2ccc3ccccc3c2)C(=O)c2ccccc21. The van der Waals surface area contributed by atoms with Crippen LogP contribution >= 0.6 is 0 Å². The molecule has 0 atom stereocenters. The second-order valence-electron chi connectivity index (χ2n) is 5.35. The summed E-state index contributed by atoms with van der Waals surface area (Å²) in [4.78, 5) is 38.3. The molecule has 110 valence electrons. The predicted molar refractivity (Wildman–Crippen MR) is 86.5 cm³/mol. The molecule has 0 unspecified atom stereocenters. The Morgan fingerprint density at radius 2 is 1.26 bits per heavy atom. The fourth-order valence-electron chi connectivity index (χ4n) is 2.85. The standard InChI is InChI=1S/C19H11NO3/c21-17-15-7-3-4-8-16(15)18(22)20(19(17)23)14-10-9-12-5-1-2-6-13(12)11-14/h1-11H. The number of benzene rings is 3. The lowest BCUT2D eigenvalue weighted by molar-refractivity contribution is -0.114. The smallest absolute Gasteiger partial charge is 0.283 e. The molecule has 0 spiro atoms. The molecule has 23 heavy (non-hydrogen) atoms. The highest BCUT2D eigenvalue weighted by Crippen LogP contribution is 2.28. The van der Waals surface area contributed by atoms with Crippen molar-refractivity contribution in [3.63, 3.8) is 0 Å². The molecule has 0 bridgehead atoms. The van der Waals surface area contributed by atoms with Crippen molar-refractivity contribution in [2.24, 2.45) is 0 Å². The predicted octanol–water partition coefficient (Wildman–Crippen LogP) is 3.21. The summed E-state index contributed by atoms with van der Waals surface area (Å²) in [7, 11) is 0. The van der Waals surface area contributed by atoms with E-state index in [-0.39, 0.29) is 11.1 Å². The third kappa shape index (κ3) is 1.96. The summed E-state index contributed by atoms with van der Waals surface area (Å²) in [5.41, 5.74) is 0.825. The summed E-state index contributed by atoms with van der Waals surface area (Å²) >= 11 is 0. The first kappa shape index (κ1) is 13.4. The maximum absolute atomic E-state index is 12.7. The molecular formula is C19H11NO3. The number of carbonyl (C=O) groups excluding carboxylic acids is 3. The number of hydrogen-bond donors (Lipinski definition) is 0. The first-order chi connectivity index (χ1) is 11.2. The van der Waals surface area contributed by atoms with Gasteiger partial charge in [-0.1, -0.05) is 48.5 Å². The second kappa shape index (κ2) is 4.88. The molecule has 0 saturated carbocycles. The van der Waals surface area contributed by atoms with Crippen LogP contribution in [0, 0.1) is 0 Å². The normalized spacial score (nSPS) is 14.3. The molecule has 0 fully saturated rings. The molecule has 0 aliphatic carbocycles. The molecule has 2 amide bonds. The van der Waals surface area contributed by atoms with Crippen LogP contribution in [0.25, 0.3) is 10.8 Å². The van der Waals surface area contributed by atoms with Crippen LogP contribution < -0.4 is 4.90 Å². The summed E-state index contributed by atoms with van der Waals surface area (Å²) in [5.74, 6) is -1.95. The molecule has 0 N–H and O–H groups in total. The molecular weight excluding hydrogens is 290 g/mol. The Hall–Kier alpha value is -3.27. The van der Waals surface area contributed by atoms with Gasteiger partial charge in [-0.15, -0.1) is 0 Å². The molecule has 1 heterocycles. The number of carbonyl (C=O) groups is 3. The minimum absolute atomic E-state index is 0.166. The van der Waals surface area contributed by atoms with Crippen molar-refractivity contribution in [1.82, 2.24) is 0 Å². The Morgan fingerprint density at radius 1 is 0.609 bits per heavy atom. The maximum atomic E-state index is 12.7. The van der Waals surface area contributed by atoms with Crippen LogP contribution in [0.2, 0.25) is 0 Å². The molecule has 0 saturated heterocycles. The lowest BCUT2D eigenvalue weighted by Crippen LogP contribution is -2.46. The third-order valence-electron chi connectivity index (χ3n) is 3.99. The summed E-state index contributed by atoms with van der Waals surface area (Å²) in [6.07, 6.45) is 0. The first-order valence-corrected chi connectivity index (χ1v) is 7.18. The van der Waals surface area contributed by atoms with E-state index in [0.717, 1.165) is 15.7 Å². The number of fused-ring (bicyclic) bond motifs is 2. The Morgan fingerprint density at radius 3 is 2.04 bits per heavy atom. The molecule has 1 aliphatic rings. The van der Waals surface area contributed by atoms with Gasteiger partial charge in [0.25, 0.3) is 11.7 Å². The van der Waals surface area contributed by atoms with Crippen LogP contribution in [0.1, 0.15) is 20.7 Å². The second-order valence-corrected chi connectivity index (χ2v) is 5.35. The Kier molecular flexibility index (Phi) is 2.84. The molecule has 0 aromatic heterocycles. The molecule has 4 nitrogen and oxygen atoms in total. The number of amides is 2. The van der Waals surface area contributed by atoms with Crippen molar-refractivity contribution in [3.8, 4) is 0 Å². The van der Waals surface area contributed by atoms with Gasteiger partial charge in [-0.25, -0.2) is 4.90 Å². The van der Waals surface area contributed by atoms with E-state index in [2.05, 4.69) is 0 Å². The number of hydrogen-bond acceptors (Lipinski definition) is 3. The van der Waals surface area contributed by atoms with Gasteiger partial charge in [0.2, 0.25) is 0 Å². The largest absolute Gasteiger partial charge is 0.306 e. The van der Waals surface area contributed by atoms with E-state index in [4.69, 9.17) is 0 Å². The summed E-state index contributed by atoms with van der Waals surface area (Å²) in [6.45, 7) is 0. The molecule has 1 aliphatic heterocycles. The van der Waals surface area contributed by atoms with Crippen LogP contribution in [0.3, 0.4) is 0 Å². The Balaban J connectivity index is 1.89. The van der Waals surface area contributed by atoms with E-state index in [0.29, 0.717) is 5.69 Å². The number of Topliss-reactive ketones (excluding diaryl/α,β-unsaturated/α-hetero) is 1. The quantitative estimate of drug-likeness (QED) is 0.512. The molecule has 3 aromatic carbocycles. The zero-order chi connectivity index (χ0) is 16.0. The highest BCUT2D eigenvalue weighted by atomic mass is 16.2. The van der Waals surface area contributed by atoms with Gasteiger partial charge in [0.05, 0.1) is 11.3 Å². The zero-order valence-electron chi connectivity index (χ0n) is 12.0.